The highest BCUT2D eigenvalue weighted by molar-refractivity contribution is 5.68. The highest BCUT2D eigenvalue weighted by Gasteiger charge is 2.25. The van der Waals surface area contributed by atoms with E-state index in [2.05, 4.69) is 11.0 Å². The predicted molar refractivity (Wildman–Crippen MR) is 92.1 cm³/mol. The summed E-state index contributed by atoms with van der Waals surface area (Å²) in [5.41, 5.74) is 0.643. The van der Waals surface area contributed by atoms with Crippen LogP contribution in [0.5, 0.6) is 11.5 Å². The van der Waals surface area contributed by atoms with Gasteiger partial charge in [0.25, 0.3) is 0 Å². The SMILES string of the molecule is CC(C)(C)OC(=O)N1CCCN(c2ccc3c(c2)OCCO3)CC1. The van der Waals surface area contributed by atoms with E-state index in [0.717, 1.165) is 43.2 Å². The highest BCUT2D eigenvalue weighted by atomic mass is 16.6. The fraction of sp³-hybridized carbons (Fsp3) is 0.611. The minimum atomic E-state index is -0.459. The van der Waals surface area contributed by atoms with E-state index < -0.39 is 5.60 Å². The lowest BCUT2D eigenvalue weighted by Crippen LogP contribution is -2.39. The zero-order valence-corrected chi connectivity index (χ0v) is 14.7. The highest BCUT2D eigenvalue weighted by Crippen LogP contribution is 2.34. The Bertz CT molecular complexity index is 597. The molecule has 0 saturated carbocycles. The van der Waals surface area contributed by atoms with Crippen LogP contribution in [0.3, 0.4) is 0 Å². The van der Waals surface area contributed by atoms with E-state index in [1.165, 1.54) is 0 Å². The summed E-state index contributed by atoms with van der Waals surface area (Å²) in [6, 6.07) is 6.04. The normalized spacial score (nSPS) is 18.1. The Morgan fingerprint density at radius 2 is 1.79 bits per heavy atom. The molecule has 6 heteroatoms. The van der Waals surface area contributed by atoms with Gasteiger partial charge >= 0.3 is 6.09 Å². The Labute approximate surface area is 143 Å². The monoisotopic (exact) mass is 334 g/mol. The summed E-state index contributed by atoms with van der Waals surface area (Å²) in [4.78, 5) is 16.3. The van der Waals surface area contributed by atoms with Gasteiger partial charge in [0.1, 0.15) is 18.8 Å². The van der Waals surface area contributed by atoms with Crippen LogP contribution in [0.4, 0.5) is 10.5 Å². The molecule has 0 N–H and O–H groups in total. The molecule has 6 nitrogen and oxygen atoms in total. The van der Waals surface area contributed by atoms with Crippen molar-refractivity contribution in [2.24, 2.45) is 0 Å². The number of ether oxygens (including phenoxy) is 3. The Balaban J connectivity index is 1.64. The smallest absolute Gasteiger partial charge is 0.410 e. The third-order valence-electron chi connectivity index (χ3n) is 4.04. The van der Waals surface area contributed by atoms with Crippen molar-refractivity contribution in [3.8, 4) is 11.5 Å². The molecule has 0 bridgehead atoms. The fourth-order valence-electron chi connectivity index (χ4n) is 2.91. The maximum Gasteiger partial charge on any atom is 0.410 e. The van der Waals surface area contributed by atoms with Gasteiger partial charge in [0.05, 0.1) is 0 Å². The van der Waals surface area contributed by atoms with Gasteiger partial charge in [-0.05, 0) is 39.3 Å². The largest absolute Gasteiger partial charge is 0.486 e. The van der Waals surface area contributed by atoms with Gasteiger partial charge in [-0.1, -0.05) is 0 Å². The second-order valence-corrected chi connectivity index (χ2v) is 7.14. The van der Waals surface area contributed by atoms with Crippen LogP contribution in [-0.2, 0) is 4.74 Å². The van der Waals surface area contributed by atoms with Crippen LogP contribution in [-0.4, -0.2) is 56.0 Å². The lowest BCUT2D eigenvalue weighted by Gasteiger charge is -2.27. The van der Waals surface area contributed by atoms with Crippen LogP contribution in [0.2, 0.25) is 0 Å². The number of carbonyl (C=O) groups is 1. The van der Waals surface area contributed by atoms with Gasteiger partial charge in [0.15, 0.2) is 11.5 Å². The summed E-state index contributed by atoms with van der Waals surface area (Å²) in [6.45, 7) is 9.92. The van der Waals surface area contributed by atoms with Crippen LogP contribution in [0.15, 0.2) is 18.2 Å². The van der Waals surface area contributed by atoms with Crippen molar-refractivity contribution in [1.29, 1.82) is 0 Å². The maximum atomic E-state index is 12.2. The summed E-state index contributed by atoms with van der Waals surface area (Å²) in [5, 5.41) is 0. The van der Waals surface area contributed by atoms with E-state index in [0.29, 0.717) is 19.8 Å². The zero-order chi connectivity index (χ0) is 17.2. The van der Waals surface area contributed by atoms with E-state index >= 15 is 0 Å². The molecule has 2 aliphatic rings. The number of hydrogen-bond acceptors (Lipinski definition) is 5. The van der Waals surface area contributed by atoms with E-state index in [4.69, 9.17) is 14.2 Å². The average molecular weight is 334 g/mol. The van der Waals surface area contributed by atoms with Crippen LogP contribution in [0.1, 0.15) is 27.2 Å². The quantitative estimate of drug-likeness (QED) is 0.790. The molecule has 0 unspecified atom stereocenters. The molecule has 24 heavy (non-hydrogen) atoms. The first kappa shape index (κ1) is 16.7. The first-order valence-electron chi connectivity index (χ1n) is 8.55. The lowest BCUT2D eigenvalue weighted by atomic mass is 10.2. The van der Waals surface area contributed by atoms with Crippen LogP contribution >= 0.6 is 0 Å². The number of rotatable bonds is 1. The number of fused-ring (bicyclic) bond motifs is 1. The number of nitrogens with zero attached hydrogens (tertiary/aromatic N) is 2. The van der Waals surface area contributed by atoms with E-state index in [1.807, 2.05) is 32.9 Å². The molecule has 0 spiro atoms. The first-order chi connectivity index (χ1) is 11.4. The molecule has 0 aliphatic carbocycles. The maximum absolute atomic E-state index is 12.2. The minimum absolute atomic E-state index is 0.230. The number of carbonyl (C=O) groups excluding carboxylic acids is 1. The lowest BCUT2D eigenvalue weighted by molar-refractivity contribution is 0.0263. The number of benzene rings is 1. The molecule has 1 amide bonds. The van der Waals surface area contributed by atoms with Gasteiger partial charge < -0.3 is 24.0 Å². The van der Waals surface area contributed by atoms with E-state index in [-0.39, 0.29) is 6.09 Å². The summed E-state index contributed by atoms with van der Waals surface area (Å²) in [7, 11) is 0. The Hall–Kier alpha value is -2.11. The predicted octanol–water partition coefficient (Wildman–Crippen LogP) is 2.91. The fourth-order valence-corrected chi connectivity index (χ4v) is 2.91. The van der Waals surface area contributed by atoms with Crippen molar-refractivity contribution < 1.29 is 19.0 Å². The third-order valence-corrected chi connectivity index (χ3v) is 4.04. The molecule has 1 saturated heterocycles. The van der Waals surface area contributed by atoms with Crippen molar-refractivity contribution in [1.82, 2.24) is 4.90 Å². The molecule has 2 aliphatic heterocycles. The minimum Gasteiger partial charge on any atom is -0.486 e. The summed E-state index contributed by atoms with van der Waals surface area (Å²) in [6.07, 6.45) is 0.680. The van der Waals surface area contributed by atoms with Crippen molar-refractivity contribution >= 4 is 11.8 Å². The van der Waals surface area contributed by atoms with Crippen LogP contribution in [0.25, 0.3) is 0 Å². The molecule has 0 atom stereocenters. The third kappa shape index (κ3) is 4.04. The van der Waals surface area contributed by atoms with E-state index in [9.17, 15) is 4.79 Å². The summed E-state index contributed by atoms with van der Waals surface area (Å²) < 4.78 is 16.7. The second-order valence-electron chi connectivity index (χ2n) is 7.14. The molecule has 2 heterocycles. The van der Waals surface area contributed by atoms with Gasteiger partial charge in [0.2, 0.25) is 0 Å². The summed E-state index contributed by atoms with van der Waals surface area (Å²) >= 11 is 0. The number of amides is 1. The van der Waals surface area contributed by atoms with Gasteiger partial charge in [-0.2, -0.15) is 0 Å². The standard InChI is InChI=1S/C18H26N2O4/c1-18(2,3)24-17(21)20-8-4-7-19(9-10-20)14-5-6-15-16(13-14)23-12-11-22-15/h5-6,13H,4,7-12H2,1-3H3. The first-order valence-corrected chi connectivity index (χ1v) is 8.55. The molecule has 0 aromatic heterocycles. The molecular formula is C18H26N2O4. The van der Waals surface area contributed by atoms with Crippen LogP contribution in [0, 0.1) is 0 Å². The Morgan fingerprint density at radius 3 is 2.54 bits per heavy atom. The van der Waals surface area contributed by atoms with Crippen molar-refractivity contribution in [2.45, 2.75) is 32.8 Å². The molecule has 1 fully saturated rings. The summed E-state index contributed by atoms with van der Waals surface area (Å²) in [5.74, 6) is 1.60. The van der Waals surface area contributed by atoms with Crippen LogP contribution < -0.4 is 14.4 Å². The van der Waals surface area contributed by atoms with Crippen molar-refractivity contribution in [3.63, 3.8) is 0 Å². The van der Waals surface area contributed by atoms with Crippen molar-refractivity contribution in [2.75, 3.05) is 44.3 Å². The van der Waals surface area contributed by atoms with Gasteiger partial charge in [-0.25, -0.2) is 4.79 Å². The molecular weight excluding hydrogens is 308 g/mol. The zero-order valence-electron chi connectivity index (χ0n) is 14.7. The Morgan fingerprint density at radius 1 is 1.04 bits per heavy atom. The number of hydrogen-bond donors (Lipinski definition) is 0. The average Bonchev–Trinajstić information content (AvgIpc) is 2.79. The molecule has 132 valence electrons. The molecule has 1 aromatic carbocycles. The molecule has 3 rings (SSSR count). The van der Waals surface area contributed by atoms with Gasteiger partial charge in [-0.3, -0.25) is 0 Å². The van der Waals surface area contributed by atoms with E-state index in [1.54, 1.807) is 4.90 Å². The molecule has 1 aromatic rings. The van der Waals surface area contributed by atoms with Gasteiger partial charge in [0, 0.05) is 37.9 Å². The number of anilines is 1. The van der Waals surface area contributed by atoms with Crippen molar-refractivity contribution in [3.05, 3.63) is 18.2 Å². The molecule has 0 radical (unpaired) electrons. The second kappa shape index (κ2) is 6.79. The van der Waals surface area contributed by atoms with Gasteiger partial charge in [-0.15, -0.1) is 0 Å². The topological polar surface area (TPSA) is 51.2 Å². The Kier molecular flexibility index (Phi) is 4.73.